The zero-order chi connectivity index (χ0) is 29.6. The van der Waals surface area contributed by atoms with Crippen LogP contribution >= 0.6 is 0 Å². The molecule has 0 spiro atoms. The van der Waals surface area contributed by atoms with Gasteiger partial charge in [0.15, 0.2) is 11.5 Å². The summed E-state index contributed by atoms with van der Waals surface area (Å²) in [5.41, 5.74) is 1.61. The van der Waals surface area contributed by atoms with Crippen LogP contribution in [0, 0.1) is 10.1 Å². The average molecular weight is 579 g/mol. The fourth-order valence-electron chi connectivity index (χ4n) is 4.71. The van der Waals surface area contributed by atoms with Crippen LogP contribution in [0.4, 0.5) is 11.4 Å². The molecular formula is C29H34N6O7. The van der Waals surface area contributed by atoms with Crippen LogP contribution in [0.25, 0.3) is 0 Å². The number of amides is 1. The summed E-state index contributed by atoms with van der Waals surface area (Å²) < 4.78 is 16.6. The van der Waals surface area contributed by atoms with E-state index in [2.05, 4.69) is 20.9 Å². The third-order valence-corrected chi connectivity index (χ3v) is 6.93. The van der Waals surface area contributed by atoms with Gasteiger partial charge in [-0.2, -0.15) is 5.06 Å². The van der Waals surface area contributed by atoms with Crippen molar-refractivity contribution < 1.29 is 28.8 Å². The lowest BCUT2D eigenvalue weighted by Crippen LogP contribution is -2.52. The van der Waals surface area contributed by atoms with Gasteiger partial charge in [0.25, 0.3) is 11.6 Å². The number of nitrogens with zero attached hydrogens (tertiary/aromatic N) is 6. The number of hydroxylamine groups is 1. The van der Waals surface area contributed by atoms with Crippen LogP contribution in [0.1, 0.15) is 12.5 Å². The van der Waals surface area contributed by atoms with Gasteiger partial charge in [0.05, 0.1) is 17.2 Å². The van der Waals surface area contributed by atoms with Gasteiger partial charge < -0.3 is 19.1 Å². The predicted octanol–water partition coefficient (Wildman–Crippen LogP) is 3.50. The van der Waals surface area contributed by atoms with Gasteiger partial charge >= 0.3 is 0 Å². The predicted molar refractivity (Wildman–Crippen MR) is 153 cm³/mol. The molecule has 0 bridgehead atoms. The highest BCUT2D eigenvalue weighted by Gasteiger charge is 2.27. The summed E-state index contributed by atoms with van der Waals surface area (Å²) in [7, 11) is 3.65. The maximum absolute atomic E-state index is 13.2. The summed E-state index contributed by atoms with van der Waals surface area (Å²) in [6.07, 6.45) is 0.793. The first-order chi connectivity index (χ1) is 20.2. The van der Waals surface area contributed by atoms with Crippen molar-refractivity contribution in [2.75, 3.05) is 58.7 Å². The minimum Gasteiger partial charge on any atom is -0.454 e. The maximum Gasteiger partial charge on any atom is 0.287 e. The molecule has 0 saturated carbocycles. The zero-order valence-electron chi connectivity index (χ0n) is 23.8. The van der Waals surface area contributed by atoms with Crippen molar-refractivity contribution in [1.82, 2.24) is 19.7 Å². The van der Waals surface area contributed by atoms with E-state index in [1.165, 1.54) is 22.8 Å². The van der Waals surface area contributed by atoms with Crippen LogP contribution in [0.3, 0.4) is 0 Å². The van der Waals surface area contributed by atoms with E-state index in [0.717, 1.165) is 50.4 Å². The number of likely N-dealkylation sites (N-methyl/N-ethyl adjacent to an activating group) is 1. The van der Waals surface area contributed by atoms with E-state index in [0.29, 0.717) is 11.4 Å². The van der Waals surface area contributed by atoms with Crippen LogP contribution in [-0.4, -0.2) is 90.4 Å². The number of pyridine rings is 1. The third-order valence-electron chi connectivity index (χ3n) is 6.93. The molecule has 0 radical (unpaired) electrons. The number of benzene rings is 2. The second kappa shape index (κ2) is 13.1. The Labute approximate surface area is 243 Å². The second-order valence-corrected chi connectivity index (χ2v) is 10.3. The van der Waals surface area contributed by atoms with E-state index in [1.54, 1.807) is 29.2 Å². The molecule has 1 unspecified atom stereocenters. The fraction of sp³-hybridized carbons (Fsp3) is 0.379. The van der Waals surface area contributed by atoms with Crippen LogP contribution < -0.4 is 19.3 Å². The minimum atomic E-state index is -0.521. The monoisotopic (exact) mass is 578 g/mol. The summed E-state index contributed by atoms with van der Waals surface area (Å²) >= 11 is 0. The molecule has 3 heterocycles. The molecule has 2 aromatic carbocycles. The first-order valence-electron chi connectivity index (χ1n) is 13.6. The largest absolute Gasteiger partial charge is 0.454 e. The van der Waals surface area contributed by atoms with Crippen LogP contribution in [0.5, 0.6) is 23.1 Å². The SMILES string of the molecule is CC(ON(C(=O)CN(C)C)c1ccc(Oc2ccc([N+](=O)[O-])cn2)cc1)N1CCN(Cc2ccc3c(c2)OCO3)CC1. The van der Waals surface area contributed by atoms with Crippen molar-refractivity contribution >= 4 is 17.3 Å². The number of nitro groups is 1. The summed E-state index contributed by atoms with van der Waals surface area (Å²) in [4.78, 5) is 40.1. The normalized spacial score (nSPS) is 15.9. The van der Waals surface area contributed by atoms with Gasteiger partial charge in [0.2, 0.25) is 12.7 Å². The average Bonchev–Trinajstić information content (AvgIpc) is 3.45. The Morgan fingerprint density at radius 2 is 1.79 bits per heavy atom. The Kier molecular flexibility index (Phi) is 9.12. The molecule has 1 amide bonds. The standard InChI is InChI=1S/C29H34N6O7/c1-21(33-14-12-32(13-15-33)18-22-4-10-26-27(16-22)40-20-39-26)42-34(29(36)19-31(2)3)23-5-8-25(9-6-23)41-28-11-7-24(17-30-28)35(37)38/h4-11,16-17,21H,12-15,18-20H2,1-3H3. The smallest absolute Gasteiger partial charge is 0.287 e. The molecule has 1 aromatic heterocycles. The number of rotatable bonds is 11. The molecule has 3 aromatic rings. The molecule has 5 rings (SSSR count). The van der Waals surface area contributed by atoms with E-state index in [1.807, 2.05) is 33.2 Å². The molecule has 0 aliphatic carbocycles. The van der Waals surface area contributed by atoms with Gasteiger partial charge in [-0.05, 0) is 63.0 Å². The van der Waals surface area contributed by atoms with Crippen molar-refractivity contribution in [3.63, 3.8) is 0 Å². The van der Waals surface area contributed by atoms with Gasteiger partial charge in [0.1, 0.15) is 18.2 Å². The van der Waals surface area contributed by atoms with Gasteiger partial charge in [-0.3, -0.25) is 24.7 Å². The first kappa shape index (κ1) is 29.2. The molecule has 13 nitrogen and oxygen atoms in total. The topological polar surface area (TPSA) is 123 Å². The summed E-state index contributed by atoms with van der Waals surface area (Å²) in [5.74, 6) is 2.05. The Bertz CT molecular complexity index is 1380. The van der Waals surface area contributed by atoms with Gasteiger partial charge in [-0.25, -0.2) is 9.82 Å². The summed E-state index contributed by atoms with van der Waals surface area (Å²) in [6.45, 7) is 6.49. The highest BCUT2D eigenvalue weighted by atomic mass is 16.7. The Morgan fingerprint density at radius 3 is 2.45 bits per heavy atom. The van der Waals surface area contributed by atoms with Crippen molar-refractivity contribution in [3.05, 3.63) is 76.5 Å². The summed E-state index contributed by atoms with van der Waals surface area (Å²) in [5, 5.41) is 12.2. The molecular weight excluding hydrogens is 544 g/mol. The maximum atomic E-state index is 13.2. The van der Waals surface area contributed by atoms with E-state index in [-0.39, 0.29) is 37.0 Å². The number of anilines is 1. The highest BCUT2D eigenvalue weighted by Crippen LogP contribution is 2.33. The van der Waals surface area contributed by atoms with Gasteiger partial charge in [-0.1, -0.05) is 6.07 Å². The molecule has 1 fully saturated rings. The molecule has 222 valence electrons. The summed E-state index contributed by atoms with van der Waals surface area (Å²) in [6, 6.07) is 15.6. The first-order valence-corrected chi connectivity index (χ1v) is 13.6. The number of carbonyl (C=O) groups excluding carboxylic acids is 1. The lowest BCUT2D eigenvalue weighted by molar-refractivity contribution is -0.385. The van der Waals surface area contributed by atoms with Crippen LogP contribution in [0.15, 0.2) is 60.8 Å². The van der Waals surface area contributed by atoms with E-state index in [9.17, 15) is 14.9 Å². The Hall–Kier alpha value is -4.30. The quantitative estimate of drug-likeness (QED) is 0.245. The van der Waals surface area contributed by atoms with Gasteiger partial charge in [-0.15, -0.1) is 0 Å². The highest BCUT2D eigenvalue weighted by molar-refractivity contribution is 5.92. The zero-order valence-corrected chi connectivity index (χ0v) is 23.8. The van der Waals surface area contributed by atoms with Crippen LogP contribution in [0.2, 0.25) is 0 Å². The fourth-order valence-corrected chi connectivity index (χ4v) is 4.71. The van der Waals surface area contributed by atoms with Crippen molar-refractivity contribution in [1.29, 1.82) is 0 Å². The number of aromatic nitrogens is 1. The number of piperazine rings is 1. The number of fused-ring (bicyclic) bond motifs is 1. The number of carbonyl (C=O) groups is 1. The molecule has 13 heteroatoms. The molecule has 2 aliphatic heterocycles. The number of hydrogen-bond acceptors (Lipinski definition) is 11. The Morgan fingerprint density at radius 1 is 1.05 bits per heavy atom. The van der Waals surface area contributed by atoms with Crippen molar-refractivity contribution in [2.45, 2.75) is 19.7 Å². The van der Waals surface area contributed by atoms with E-state index < -0.39 is 4.92 Å². The van der Waals surface area contributed by atoms with Crippen molar-refractivity contribution in [2.24, 2.45) is 0 Å². The lowest BCUT2D eigenvalue weighted by atomic mass is 10.1. The Balaban J connectivity index is 1.19. The van der Waals surface area contributed by atoms with Crippen LogP contribution in [-0.2, 0) is 16.2 Å². The van der Waals surface area contributed by atoms with Crippen molar-refractivity contribution in [3.8, 4) is 23.1 Å². The molecule has 1 atom stereocenters. The minimum absolute atomic E-state index is 0.120. The van der Waals surface area contributed by atoms with Gasteiger partial charge in [0, 0.05) is 44.9 Å². The molecule has 42 heavy (non-hydrogen) atoms. The van der Waals surface area contributed by atoms with E-state index >= 15 is 0 Å². The number of hydrogen-bond donors (Lipinski definition) is 0. The molecule has 1 saturated heterocycles. The lowest BCUT2D eigenvalue weighted by Gasteiger charge is -2.39. The number of ether oxygens (including phenoxy) is 3. The molecule has 2 aliphatic rings. The third kappa shape index (κ3) is 7.31. The van der Waals surface area contributed by atoms with E-state index in [4.69, 9.17) is 19.0 Å². The second-order valence-electron chi connectivity index (χ2n) is 10.3. The molecule has 0 N–H and O–H groups in total.